The molecule has 7 nitrogen and oxygen atoms in total. The molecule has 0 fully saturated rings. The number of amides is 1. The van der Waals surface area contributed by atoms with Crippen LogP contribution in [-0.2, 0) is 6.54 Å². The van der Waals surface area contributed by atoms with E-state index in [1.807, 2.05) is 36.4 Å². The van der Waals surface area contributed by atoms with Crippen LogP contribution in [0.3, 0.4) is 0 Å². The first-order valence-corrected chi connectivity index (χ1v) is 8.03. The molecule has 26 heavy (non-hydrogen) atoms. The number of pyridine rings is 1. The lowest BCUT2D eigenvalue weighted by molar-refractivity contribution is 0.0950. The van der Waals surface area contributed by atoms with Crippen LogP contribution < -0.4 is 5.32 Å². The molecule has 2 N–H and O–H groups in total. The standard InChI is InChI=1S/C19H15N5O2/c25-19(15-4-1-3-14(11-15)16-5-2-10-26-16)21-12-17-22-18(24-23-17)13-6-8-20-9-7-13/h1-11H,12H2,(H,21,25)(H,22,23,24). The number of aromatic amines is 1. The third-order valence-corrected chi connectivity index (χ3v) is 3.82. The van der Waals surface area contributed by atoms with Gasteiger partial charge in [0, 0.05) is 29.1 Å². The van der Waals surface area contributed by atoms with E-state index in [1.165, 1.54) is 0 Å². The van der Waals surface area contributed by atoms with Gasteiger partial charge in [-0.25, -0.2) is 4.98 Å². The number of nitrogens with zero attached hydrogens (tertiary/aromatic N) is 3. The number of benzene rings is 1. The molecule has 4 rings (SSSR count). The van der Waals surface area contributed by atoms with Gasteiger partial charge in [-0.2, -0.15) is 5.10 Å². The van der Waals surface area contributed by atoms with Gasteiger partial charge in [0.05, 0.1) is 12.8 Å². The van der Waals surface area contributed by atoms with E-state index in [0.717, 1.165) is 16.9 Å². The largest absolute Gasteiger partial charge is 0.464 e. The zero-order chi connectivity index (χ0) is 17.8. The summed E-state index contributed by atoms with van der Waals surface area (Å²) in [5.41, 5.74) is 2.26. The predicted octanol–water partition coefficient (Wildman–Crippen LogP) is 3.06. The average molecular weight is 345 g/mol. The first-order chi connectivity index (χ1) is 12.8. The Balaban J connectivity index is 1.43. The van der Waals surface area contributed by atoms with E-state index < -0.39 is 0 Å². The van der Waals surface area contributed by atoms with Crippen LogP contribution in [0.1, 0.15) is 16.2 Å². The fourth-order valence-electron chi connectivity index (χ4n) is 2.53. The van der Waals surface area contributed by atoms with Crippen LogP contribution in [0.4, 0.5) is 0 Å². The number of hydrogen-bond donors (Lipinski definition) is 2. The van der Waals surface area contributed by atoms with E-state index in [0.29, 0.717) is 17.2 Å². The van der Waals surface area contributed by atoms with Crippen LogP contribution in [0.5, 0.6) is 0 Å². The molecule has 0 saturated carbocycles. The lowest BCUT2D eigenvalue weighted by Gasteiger charge is -2.04. The van der Waals surface area contributed by atoms with Gasteiger partial charge in [-0.05, 0) is 36.4 Å². The summed E-state index contributed by atoms with van der Waals surface area (Å²) >= 11 is 0. The summed E-state index contributed by atoms with van der Waals surface area (Å²) in [6.45, 7) is 0.252. The van der Waals surface area contributed by atoms with E-state index >= 15 is 0 Å². The molecule has 0 saturated heterocycles. The van der Waals surface area contributed by atoms with Crippen LogP contribution in [0.15, 0.2) is 71.6 Å². The summed E-state index contributed by atoms with van der Waals surface area (Å²) in [6.07, 6.45) is 4.96. The Morgan fingerprint density at radius 3 is 2.77 bits per heavy atom. The van der Waals surface area contributed by atoms with Crippen molar-refractivity contribution in [3.63, 3.8) is 0 Å². The van der Waals surface area contributed by atoms with Crippen LogP contribution in [0, 0.1) is 0 Å². The van der Waals surface area contributed by atoms with E-state index in [-0.39, 0.29) is 12.5 Å². The number of hydrogen-bond acceptors (Lipinski definition) is 5. The van der Waals surface area contributed by atoms with Crippen molar-refractivity contribution in [2.75, 3.05) is 0 Å². The van der Waals surface area contributed by atoms with Crippen LogP contribution >= 0.6 is 0 Å². The molecule has 0 aliphatic carbocycles. The molecule has 0 atom stereocenters. The van der Waals surface area contributed by atoms with Gasteiger partial charge in [0.25, 0.3) is 5.91 Å². The molecule has 0 aliphatic rings. The Morgan fingerprint density at radius 1 is 1.08 bits per heavy atom. The highest BCUT2D eigenvalue weighted by molar-refractivity contribution is 5.95. The number of furan rings is 1. The molecule has 3 heterocycles. The van der Waals surface area contributed by atoms with Crippen molar-refractivity contribution in [3.05, 3.63) is 78.6 Å². The second-order valence-electron chi connectivity index (χ2n) is 5.58. The van der Waals surface area contributed by atoms with Crippen LogP contribution in [0.2, 0.25) is 0 Å². The number of carbonyl (C=O) groups is 1. The molecule has 0 unspecified atom stereocenters. The SMILES string of the molecule is O=C(NCc1nc(-c2ccncc2)n[nH]1)c1cccc(-c2ccco2)c1. The maximum absolute atomic E-state index is 12.4. The van der Waals surface area contributed by atoms with Gasteiger partial charge in [0.1, 0.15) is 11.6 Å². The van der Waals surface area contributed by atoms with E-state index in [1.54, 1.807) is 30.8 Å². The quantitative estimate of drug-likeness (QED) is 0.579. The van der Waals surface area contributed by atoms with E-state index in [9.17, 15) is 4.79 Å². The molecule has 0 bridgehead atoms. The van der Waals surface area contributed by atoms with Crippen molar-refractivity contribution in [2.24, 2.45) is 0 Å². The molecule has 1 aromatic carbocycles. The van der Waals surface area contributed by atoms with Gasteiger partial charge in [0.2, 0.25) is 0 Å². The van der Waals surface area contributed by atoms with Crippen molar-refractivity contribution in [2.45, 2.75) is 6.54 Å². The van der Waals surface area contributed by atoms with Gasteiger partial charge < -0.3 is 9.73 Å². The Bertz CT molecular complexity index is 1010. The minimum Gasteiger partial charge on any atom is -0.464 e. The highest BCUT2D eigenvalue weighted by atomic mass is 16.3. The lowest BCUT2D eigenvalue weighted by Crippen LogP contribution is -2.23. The Morgan fingerprint density at radius 2 is 1.96 bits per heavy atom. The Labute approximate surface area is 149 Å². The predicted molar refractivity (Wildman–Crippen MR) is 94.9 cm³/mol. The average Bonchev–Trinajstić information content (AvgIpc) is 3.39. The van der Waals surface area contributed by atoms with Gasteiger partial charge >= 0.3 is 0 Å². The second kappa shape index (κ2) is 7.02. The van der Waals surface area contributed by atoms with Crippen molar-refractivity contribution in [1.82, 2.24) is 25.5 Å². The zero-order valence-corrected chi connectivity index (χ0v) is 13.7. The third-order valence-electron chi connectivity index (χ3n) is 3.82. The van der Waals surface area contributed by atoms with Gasteiger partial charge in [0.15, 0.2) is 5.82 Å². The molecule has 4 aromatic rings. The maximum Gasteiger partial charge on any atom is 0.251 e. The molecule has 7 heteroatoms. The fourth-order valence-corrected chi connectivity index (χ4v) is 2.53. The van der Waals surface area contributed by atoms with Gasteiger partial charge in [-0.1, -0.05) is 12.1 Å². The summed E-state index contributed by atoms with van der Waals surface area (Å²) in [7, 11) is 0. The highest BCUT2D eigenvalue weighted by Crippen LogP contribution is 2.20. The molecular weight excluding hydrogens is 330 g/mol. The molecule has 3 aromatic heterocycles. The van der Waals surface area contributed by atoms with Crippen molar-refractivity contribution >= 4 is 5.91 Å². The topological polar surface area (TPSA) is 96.7 Å². The molecule has 128 valence electrons. The number of carbonyl (C=O) groups excluding carboxylic acids is 1. The molecule has 0 aliphatic heterocycles. The minimum absolute atomic E-state index is 0.194. The summed E-state index contributed by atoms with van der Waals surface area (Å²) < 4.78 is 5.37. The molecule has 0 spiro atoms. The summed E-state index contributed by atoms with van der Waals surface area (Å²) in [6, 6.07) is 14.6. The molecule has 1 amide bonds. The lowest BCUT2D eigenvalue weighted by atomic mass is 10.1. The monoisotopic (exact) mass is 345 g/mol. The number of H-pyrrole nitrogens is 1. The Kier molecular flexibility index (Phi) is 4.26. The summed E-state index contributed by atoms with van der Waals surface area (Å²) in [5, 5.41) is 9.83. The minimum atomic E-state index is -0.194. The fraction of sp³-hybridized carbons (Fsp3) is 0.0526. The highest BCUT2D eigenvalue weighted by Gasteiger charge is 2.10. The third kappa shape index (κ3) is 3.36. The van der Waals surface area contributed by atoms with Crippen LogP contribution in [-0.4, -0.2) is 26.1 Å². The first kappa shape index (κ1) is 15.8. The molecule has 0 radical (unpaired) electrons. The summed E-state index contributed by atoms with van der Waals surface area (Å²) in [5.74, 6) is 1.67. The number of rotatable bonds is 5. The smallest absolute Gasteiger partial charge is 0.251 e. The van der Waals surface area contributed by atoms with E-state index in [4.69, 9.17) is 4.42 Å². The van der Waals surface area contributed by atoms with E-state index in [2.05, 4.69) is 25.5 Å². The number of aromatic nitrogens is 4. The van der Waals surface area contributed by atoms with Crippen molar-refractivity contribution < 1.29 is 9.21 Å². The zero-order valence-electron chi connectivity index (χ0n) is 13.7. The summed E-state index contributed by atoms with van der Waals surface area (Å²) in [4.78, 5) is 20.8. The first-order valence-electron chi connectivity index (χ1n) is 8.03. The van der Waals surface area contributed by atoms with Crippen molar-refractivity contribution in [3.8, 4) is 22.7 Å². The van der Waals surface area contributed by atoms with Gasteiger partial charge in [-0.3, -0.25) is 14.9 Å². The van der Waals surface area contributed by atoms with Gasteiger partial charge in [-0.15, -0.1) is 0 Å². The van der Waals surface area contributed by atoms with Crippen LogP contribution in [0.25, 0.3) is 22.7 Å². The van der Waals surface area contributed by atoms with Crippen molar-refractivity contribution in [1.29, 1.82) is 0 Å². The number of nitrogens with one attached hydrogen (secondary N) is 2. The normalized spacial score (nSPS) is 10.6. The Hall–Kier alpha value is -3.74. The molecular formula is C19H15N5O2. The second-order valence-corrected chi connectivity index (χ2v) is 5.58. The maximum atomic E-state index is 12.4.